The lowest BCUT2D eigenvalue weighted by atomic mass is 9.79. The predicted molar refractivity (Wildman–Crippen MR) is 78.1 cm³/mol. The number of rotatable bonds is 4. The third-order valence-electron chi connectivity index (χ3n) is 4.50. The zero-order valence-corrected chi connectivity index (χ0v) is 12.7. The Balaban J connectivity index is 1.68. The summed E-state index contributed by atoms with van der Waals surface area (Å²) in [6.45, 7) is 1.19. The molecule has 0 aromatic carbocycles. The molecule has 0 aromatic heterocycles. The summed E-state index contributed by atoms with van der Waals surface area (Å²) in [7, 11) is 2.22. The number of hydrogen-bond donors (Lipinski definition) is 1. The smallest absolute Gasteiger partial charge is 0.195 e. The van der Waals surface area contributed by atoms with E-state index in [4.69, 9.17) is 5.73 Å². The molecule has 17 heavy (non-hydrogen) atoms. The second-order valence-corrected chi connectivity index (χ2v) is 6.91. The Morgan fingerprint density at radius 2 is 1.88 bits per heavy atom. The maximum absolute atomic E-state index is 11.2. The van der Waals surface area contributed by atoms with E-state index in [1.165, 1.54) is 32.2 Å². The molecule has 2 rings (SSSR count). The van der Waals surface area contributed by atoms with Crippen molar-refractivity contribution < 1.29 is 4.79 Å². The molecule has 0 bridgehead atoms. The molecule has 0 spiro atoms. The molecule has 3 nitrogen and oxygen atoms in total. The third kappa shape index (κ3) is 3.64. The fourth-order valence-corrected chi connectivity index (χ4v) is 3.57. The molecule has 0 aromatic rings. The minimum atomic E-state index is 0.336. The summed E-state index contributed by atoms with van der Waals surface area (Å²) in [4.78, 5) is 13.6. The van der Waals surface area contributed by atoms with Crippen LogP contribution in [0.1, 0.15) is 38.5 Å². The number of nitrogens with zero attached hydrogens (tertiary/aromatic N) is 1. The number of nitrogens with two attached hydrogens (primary N) is 1. The Hall–Kier alpha value is 0.320. The van der Waals surface area contributed by atoms with Crippen LogP contribution < -0.4 is 5.73 Å². The van der Waals surface area contributed by atoms with Crippen LogP contribution in [-0.2, 0) is 4.79 Å². The third-order valence-corrected chi connectivity index (χ3v) is 5.38. The number of hydrogen-bond acceptors (Lipinski definition) is 3. The summed E-state index contributed by atoms with van der Waals surface area (Å²) in [6, 6.07) is 1.09. The zero-order valence-electron chi connectivity index (χ0n) is 10.6. The van der Waals surface area contributed by atoms with Gasteiger partial charge in [0.05, 0.1) is 0 Å². The summed E-state index contributed by atoms with van der Waals surface area (Å²) >= 11 is 1.94. The largest absolute Gasteiger partial charge is 0.328 e. The second-order valence-electron chi connectivity index (χ2n) is 5.85. The van der Waals surface area contributed by atoms with Crippen molar-refractivity contribution in [2.24, 2.45) is 17.6 Å². The van der Waals surface area contributed by atoms with Crippen LogP contribution >= 0.6 is 22.6 Å². The molecule has 2 aliphatic carbocycles. The highest BCUT2D eigenvalue weighted by molar-refractivity contribution is 14.1. The van der Waals surface area contributed by atoms with Gasteiger partial charge in [-0.2, -0.15) is 0 Å². The highest BCUT2D eigenvalue weighted by Gasteiger charge is 2.36. The van der Waals surface area contributed by atoms with Gasteiger partial charge in [-0.1, -0.05) is 0 Å². The van der Waals surface area contributed by atoms with Crippen LogP contribution in [0.5, 0.6) is 0 Å². The van der Waals surface area contributed by atoms with Crippen LogP contribution in [0.2, 0.25) is 0 Å². The Bertz CT molecular complexity index is 271. The maximum Gasteiger partial charge on any atom is 0.195 e. The fraction of sp³-hybridized carbons (Fsp3) is 0.923. The van der Waals surface area contributed by atoms with Crippen molar-refractivity contribution in [2.75, 3.05) is 13.6 Å². The number of halogens is 1. The molecule has 2 fully saturated rings. The van der Waals surface area contributed by atoms with E-state index in [9.17, 15) is 4.79 Å². The van der Waals surface area contributed by atoms with Crippen LogP contribution in [-0.4, -0.2) is 34.4 Å². The quantitative estimate of drug-likeness (QED) is 0.625. The molecule has 2 N–H and O–H groups in total. The molecular weight excluding hydrogens is 327 g/mol. The van der Waals surface area contributed by atoms with Crippen LogP contribution in [0.4, 0.5) is 0 Å². The SMILES string of the molecule is CN(CC1CCC(N)CC1)C1CC(C(=O)I)C1. The molecule has 0 amide bonds. The van der Waals surface area contributed by atoms with Crippen LogP contribution in [0.3, 0.4) is 0 Å². The van der Waals surface area contributed by atoms with Gasteiger partial charge in [-0.15, -0.1) is 0 Å². The molecule has 2 aliphatic rings. The minimum Gasteiger partial charge on any atom is -0.328 e. The maximum atomic E-state index is 11.2. The topological polar surface area (TPSA) is 46.3 Å². The van der Waals surface area contributed by atoms with E-state index in [0.717, 1.165) is 18.8 Å². The average Bonchev–Trinajstić information content (AvgIpc) is 2.18. The van der Waals surface area contributed by atoms with E-state index in [0.29, 0.717) is 21.8 Å². The second kappa shape index (κ2) is 5.97. The molecule has 0 heterocycles. The zero-order chi connectivity index (χ0) is 12.4. The molecular formula is C13H23IN2O. The summed E-state index contributed by atoms with van der Waals surface area (Å²) < 4.78 is 0.343. The fourth-order valence-electron chi connectivity index (χ4n) is 3.06. The first kappa shape index (κ1) is 13.7. The number of carbonyl (C=O) groups is 1. The molecule has 0 saturated heterocycles. The molecule has 98 valence electrons. The lowest BCUT2D eigenvalue weighted by Crippen LogP contribution is -2.46. The van der Waals surface area contributed by atoms with Crippen LogP contribution in [0.25, 0.3) is 0 Å². The molecule has 0 aliphatic heterocycles. The van der Waals surface area contributed by atoms with Gasteiger partial charge in [0.1, 0.15) is 0 Å². The van der Waals surface area contributed by atoms with Crippen molar-refractivity contribution >= 4 is 26.4 Å². The van der Waals surface area contributed by atoms with E-state index >= 15 is 0 Å². The van der Waals surface area contributed by atoms with Gasteiger partial charge in [-0.3, -0.25) is 4.79 Å². The van der Waals surface area contributed by atoms with E-state index < -0.39 is 0 Å². The molecule has 0 atom stereocenters. The van der Waals surface area contributed by atoms with Gasteiger partial charge in [0, 0.05) is 24.5 Å². The molecule has 0 unspecified atom stereocenters. The predicted octanol–water partition coefficient (Wildman–Crippen LogP) is 2.18. The first-order chi connectivity index (χ1) is 8.06. The Labute approximate surface area is 118 Å². The lowest BCUT2D eigenvalue weighted by molar-refractivity contribution is -0.116. The molecule has 0 radical (unpaired) electrons. The summed E-state index contributed by atoms with van der Waals surface area (Å²) in [5.41, 5.74) is 5.92. The highest BCUT2D eigenvalue weighted by Crippen LogP contribution is 2.34. The van der Waals surface area contributed by atoms with E-state index in [-0.39, 0.29) is 0 Å². The van der Waals surface area contributed by atoms with E-state index in [1.54, 1.807) is 0 Å². The first-order valence-corrected chi connectivity index (χ1v) is 7.79. The minimum absolute atomic E-state index is 0.336. The van der Waals surface area contributed by atoms with Crippen molar-refractivity contribution in [3.63, 3.8) is 0 Å². The van der Waals surface area contributed by atoms with E-state index in [1.807, 2.05) is 22.6 Å². The van der Waals surface area contributed by atoms with Gasteiger partial charge in [-0.05, 0) is 74.1 Å². The van der Waals surface area contributed by atoms with Gasteiger partial charge in [0.15, 0.2) is 3.79 Å². The lowest BCUT2D eigenvalue weighted by Gasteiger charge is -2.41. The van der Waals surface area contributed by atoms with Gasteiger partial charge < -0.3 is 10.6 Å². The summed E-state index contributed by atoms with van der Waals surface area (Å²) in [5, 5.41) is 0. The van der Waals surface area contributed by atoms with Crippen molar-refractivity contribution in [3.8, 4) is 0 Å². The molecule has 4 heteroatoms. The summed E-state index contributed by atoms with van der Waals surface area (Å²) in [6.07, 6.45) is 7.10. The Morgan fingerprint density at radius 3 is 2.41 bits per heavy atom. The average molecular weight is 350 g/mol. The van der Waals surface area contributed by atoms with Gasteiger partial charge in [-0.25, -0.2) is 0 Å². The van der Waals surface area contributed by atoms with Crippen molar-refractivity contribution in [1.29, 1.82) is 0 Å². The monoisotopic (exact) mass is 350 g/mol. The normalized spacial score (nSPS) is 37.9. The van der Waals surface area contributed by atoms with Crippen molar-refractivity contribution in [3.05, 3.63) is 0 Å². The van der Waals surface area contributed by atoms with Gasteiger partial charge in [0.25, 0.3) is 0 Å². The molecule has 2 saturated carbocycles. The number of carbonyl (C=O) groups excluding carboxylic acids is 1. The van der Waals surface area contributed by atoms with Crippen molar-refractivity contribution in [2.45, 2.75) is 50.6 Å². The summed E-state index contributed by atoms with van der Waals surface area (Å²) in [5.74, 6) is 1.16. The Kier molecular flexibility index (Phi) is 4.83. The van der Waals surface area contributed by atoms with Crippen LogP contribution in [0, 0.1) is 11.8 Å². The van der Waals surface area contributed by atoms with Gasteiger partial charge >= 0.3 is 0 Å². The standard InChI is InChI=1S/C13H23IN2O/c1-16(12-6-10(7-12)13(14)17)8-9-2-4-11(15)5-3-9/h9-12H,2-8,15H2,1H3. The first-order valence-electron chi connectivity index (χ1n) is 6.71. The Morgan fingerprint density at radius 1 is 1.29 bits per heavy atom. The van der Waals surface area contributed by atoms with E-state index in [2.05, 4.69) is 11.9 Å². The van der Waals surface area contributed by atoms with Gasteiger partial charge in [0.2, 0.25) is 0 Å². The van der Waals surface area contributed by atoms with Crippen LogP contribution in [0.15, 0.2) is 0 Å². The van der Waals surface area contributed by atoms with Crippen molar-refractivity contribution in [1.82, 2.24) is 4.90 Å². The highest BCUT2D eigenvalue weighted by atomic mass is 127.